The monoisotopic (exact) mass is 237 g/mol. The molecule has 0 aromatic heterocycles. The summed E-state index contributed by atoms with van der Waals surface area (Å²) in [7, 11) is 0. The van der Waals surface area contributed by atoms with Crippen LogP contribution in [0.15, 0.2) is 0 Å². The normalized spacial score (nSPS) is 43.1. The number of nitrogens with zero attached hydrogens (tertiary/aromatic N) is 1. The first-order valence-electron chi connectivity index (χ1n) is 6.48. The first kappa shape index (κ1) is 11.2. The Bertz CT molecular complexity index is 366. The molecule has 3 aliphatic rings. The number of amides is 2. The molecule has 4 heteroatoms. The Morgan fingerprint density at radius 1 is 1.24 bits per heavy atom. The van der Waals surface area contributed by atoms with Gasteiger partial charge in [0.15, 0.2) is 0 Å². The van der Waals surface area contributed by atoms with Crippen LogP contribution < -0.4 is 0 Å². The first-order valence-corrected chi connectivity index (χ1v) is 6.48. The minimum Gasteiger partial charge on any atom is -0.396 e. The number of fused-ring (bicyclic) bond motifs is 1. The van der Waals surface area contributed by atoms with Crippen molar-refractivity contribution in [1.29, 1.82) is 0 Å². The Labute approximate surface area is 101 Å². The van der Waals surface area contributed by atoms with Crippen molar-refractivity contribution in [2.24, 2.45) is 23.2 Å². The molecule has 0 bridgehead atoms. The summed E-state index contributed by atoms with van der Waals surface area (Å²) in [5.74, 6) is -0.0564. The van der Waals surface area contributed by atoms with Gasteiger partial charge in [-0.1, -0.05) is 20.3 Å². The standard InChI is InChI=1S/C13H19NO3/c1-13(2)9-10(13)12(17)14(11(9)16)8-5-3-4-7(8)6-15/h7-10,15H,3-6H2,1-2H3. The maximum Gasteiger partial charge on any atom is 0.233 e. The third-order valence-electron chi connectivity index (χ3n) is 5.02. The highest BCUT2D eigenvalue weighted by Crippen LogP contribution is 2.64. The fourth-order valence-corrected chi connectivity index (χ4v) is 3.86. The zero-order chi connectivity index (χ0) is 12.4. The van der Waals surface area contributed by atoms with E-state index < -0.39 is 0 Å². The number of likely N-dealkylation sites (tertiary alicyclic amines) is 1. The Morgan fingerprint density at radius 3 is 2.35 bits per heavy atom. The third kappa shape index (κ3) is 1.27. The van der Waals surface area contributed by atoms with Crippen LogP contribution >= 0.6 is 0 Å². The van der Waals surface area contributed by atoms with Crippen molar-refractivity contribution in [3.8, 4) is 0 Å². The summed E-state index contributed by atoms with van der Waals surface area (Å²) in [6, 6.07) is -0.0383. The maximum atomic E-state index is 12.2. The molecule has 4 nitrogen and oxygen atoms in total. The van der Waals surface area contributed by atoms with Gasteiger partial charge in [-0.15, -0.1) is 0 Å². The molecule has 4 unspecified atom stereocenters. The fraction of sp³-hybridized carbons (Fsp3) is 0.846. The lowest BCUT2D eigenvalue weighted by Crippen LogP contribution is -2.46. The minimum absolute atomic E-state index is 0.00958. The number of piperidine rings is 1. The third-order valence-corrected chi connectivity index (χ3v) is 5.02. The van der Waals surface area contributed by atoms with E-state index in [9.17, 15) is 14.7 Å². The molecule has 4 atom stereocenters. The number of rotatable bonds is 2. The summed E-state index contributed by atoms with van der Waals surface area (Å²) in [6.07, 6.45) is 2.80. The predicted octanol–water partition coefficient (Wildman–Crippen LogP) is 0.788. The van der Waals surface area contributed by atoms with Crippen LogP contribution in [0.25, 0.3) is 0 Å². The van der Waals surface area contributed by atoms with Gasteiger partial charge in [-0.05, 0) is 18.3 Å². The van der Waals surface area contributed by atoms with Crippen LogP contribution in [-0.4, -0.2) is 34.5 Å². The number of aliphatic hydroxyl groups excluding tert-OH is 1. The van der Waals surface area contributed by atoms with E-state index in [1.165, 1.54) is 4.90 Å². The Morgan fingerprint density at radius 2 is 1.82 bits per heavy atom. The lowest BCUT2D eigenvalue weighted by atomic mass is 10.00. The largest absolute Gasteiger partial charge is 0.396 e. The van der Waals surface area contributed by atoms with Crippen LogP contribution in [0.4, 0.5) is 0 Å². The summed E-state index contributed by atoms with van der Waals surface area (Å²) in [4.78, 5) is 26.0. The highest BCUT2D eigenvalue weighted by Gasteiger charge is 2.73. The van der Waals surface area contributed by atoms with Gasteiger partial charge >= 0.3 is 0 Å². The zero-order valence-corrected chi connectivity index (χ0v) is 10.3. The number of carbonyl (C=O) groups excluding carboxylic acids is 2. The number of carbonyl (C=O) groups is 2. The van der Waals surface area contributed by atoms with Crippen molar-refractivity contribution in [2.45, 2.75) is 39.2 Å². The first-order chi connectivity index (χ1) is 8.00. The van der Waals surface area contributed by atoms with Gasteiger partial charge in [0.05, 0.1) is 11.8 Å². The van der Waals surface area contributed by atoms with E-state index in [4.69, 9.17) is 0 Å². The van der Waals surface area contributed by atoms with Crippen molar-refractivity contribution in [1.82, 2.24) is 4.90 Å². The Balaban J connectivity index is 1.83. The van der Waals surface area contributed by atoms with E-state index in [1.807, 2.05) is 13.8 Å². The molecule has 3 rings (SSSR count). The number of aliphatic hydroxyl groups is 1. The Kier molecular flexibility index (Phi) is 2.18. The van der Waals surface area contributed by atoms with E-state index in [0.29, 0.717) is 0 Å². The second kappa shape index (κ2) is 3.31. The number of hydrogen-bond acceptors (Lipinski definition) is 3. The van der Waals surface area contributed by atoms with Gasteiger partial charge in [-0.2, -0.15) is 0 Å². The summed E-state index contributed by atoms with van der Waals surface area (Å²) >= 11 is 0. The molecular formula is C13H19NO3. The average Bonchev–Trinajstić information content (AvgIpc) is 2.63. The van der Waals surface area contributed by atoms with Crippen LogP contribution in [0.3, 0.4) is 0 Å². The molecule has 2 amide bonds. The highest BCUT2D eigenvalue weighted by molar-refractivity contribution is 6.10. The quantitative estimate of drug-likeness (QED) is 0.722. The van der Waals surface area contributed by atoms with Crippen LogP contribution in [0.1, 0.15) is 33.1 Å². The van der Waals surface area contributed by atoms with Crippen molar-refractivity contribution >= 4 is 11.8 Å². The van der Waals surface area contributed by atoms with Crippen molar-refractivity contribution in [2.75, 3.05) is 6.61 Å². The molecule has 0 aromatic rings. The van der Waals surface area contributed by atoms with E-state index in [1.54, 1.807) is 0 Å². The van der Waals surface area contributed by atoms with Gasteiger partial charge in [-0.25, -0.2) is 0 Å². The zero-order valence-electron chi connectivity index (χ0n) is 10.3. The smallest absolute Gasteiger partial charge is 0.233 e. The van der Waals surface area contributed by atoms with Gasteiger partial charge in [0.2, 0.25) is 11.8 Å². The van der Waals surface area contributed by atoms with Crippen LogP contribution in [0.2, 0.25) is 0 Å². The highest BCUT2D eigenvalue weighted by atomic mass is 16.3. The summed E-state index contributed by atoms with van der Waals surface area (Å²) in [6.45, 7) is 4.07. The van der Waals surface area contributed by atoms with E-state index in [-0.39, 0.29) is 47.6 Å². The molecule has 3 fully saturated rings. The van der Waals surface area contributed by atoms with E-state index in [2.05, 4.69) is 0 Å². The average molecular weight is 237 g/mol. The van der Waals surface area contributed by atoms with E-state index in [0.717, 1.165) is 19.3 Å². The molecule has 0 aromatic carbocycles. The lowest BCUT2D eigenvalue weighted by molar-refractivity contribution is -0.147. The second-order valence-electron chi connectivity index (χ2n) is 6.26. The molecule has 2 aliphatic carbocycles. The Hall–Kier alpha value is -0.900. The maximum absolute atomic E-state index is 12.2. The molecule has 94 valence electrons. The lowest BCUT2D eigenvalue weighted by Gasteiger charge is -2.30. The minimum atomic E-state index is -0.127. The predicted molar refractivity (Wildman–Crippen MR) is 60.8 cm³/mol. The topological polar surface area (TPSA) is 57.6 Å². The van der Waals surface area contributed by atoms with Crippen LogP contribution in [0, 0.1) is 23.2 Å². The molecule has 17 heavy (non-hydrogen) atoms. The number of hydrogen-bond donors (Lipinski definition) is 1. The summed E-state index contributed by atoms with van der Waals surface area (Å²) < 4.78 is 0. The molecule has 0 radical (unpaired) electrons. The van der Waals surface area contributed by atoms with Crippen LogP contribution in [-0.2, 0) is 9.59 Å². The van der Waals surface area contributed by atoms with Crippen molar-refractivity contribution in [3.63, 3.8) is 0 Å². The van der Waals surface area contributed by atoms with Gasteiger partial charge in [0.1, 0.15) is 0 Å². The van der Waals surface area contributed by atoms with Gasteiger partial charge in [0, 0.05) is 18.6 Å². The van der Waals surface area contributed by atoms with Crippen LogP contribution in [0.5, 0.6) is 0 Å². The SMILES string of the molecule is CC1(C)C2C(=O)N(C3CCCC3CO)C(=O)C21. The van der Waals surface area contributed by atoms with E-state index >= 15 is 0 Å². The molecule has 1 saturated heterocycles. The van der Waals surface area contributed by atoms with Gasteiger partial charge < -0.3 is 5.11 Å². The number of imide groups is 1. The molecule has 0 spiro atoms. The van der Waals surface area contributed by atoms with Crippen molar-refractivity contribution in [3.05, 3.63) is 0 Å². The fourth-order valence-electron chi connectivity index (χ4n) is 3.86. The molecule has 1 aliphatic heterocycles. The van der Waals surface area contributed by atoms with Gasteiger partial charge in [-0.3, -0.25) is 14.5 Å². The van der Waals surface area contributed by atoms with Crippen molar-refractivity contribution < 1.29 is 14.7 Å². The summed E-state index contributed by atoms with van der Waals surface area (Å²) in [5, 5.41) is 9.30. The summed E-state index contributed by atoms with van der Waals surface area (Å²) in [5.41, 5.74) is -0.127. The molecule has 1 N–H and O–H groups in total. The molecule has 2 saturated carbocycles. The van der Waals surface area contributed by atoms with Gasteiger partial charge in [0.25, 0.3) is 0 Å². The second-order valence-corrected chi connectivity index (χ2v) is 6.26. The molecular weight excluding hydrogens is 218 g/mol. The molecule has 1 heterocycles.